The molecule has 8 heteroatoms. The van der Waals surface area contributed by atoms with E-state index in [4.69, 9.17) is 0 Å². The normalized spacial score (nSPS) is 21.9. The third kappa shape index (κ3) is 4.46. The third-order valence-electron chi connectivity index (χ3n) is 6.59. The second kappa shape index (κ2) is 9.05. The molecule has 8 nitrogen and oxygen atoms in total. The highest BCUT2D eigenvalue weighted by Crippen LogP contribution is 2.41. The van der Waals surface area contributed by atoms with Crippen molar-refractivity contribution in [3.63, 3.8) is 0 Å². The van der Waals surface area contributed by atoms with Crippen molar-refractivity contribution in [1.29, 1.82) is 0 Å². The summed E-state index contributed by atoms with van der Waals surface area (Å²) in [5.74, 6) is -1.24. The number of carbonyl (C=O) groups is 2. The van der Waals surface area contributed by atoms with Crippen LogP contribution >= 0.6 is 0 Å². The number of hydrogen-bond donors (Lipinski definition) is 3. The molecule has 0 atom stereocenters. The van der Waals surface area contributed by atoms with Gasteiger partial charge >= 0.3 is 11.9 Å². The fraction of sp³-hybridized carbons (Fsp3) is 0.360. The molecule has 3 N–H and O–H groups in total. The van der Waals surface area contributed by atoms with E-state index < -0.39 is 5.97 Å². The Morgan fingerprint density at radius 2 is 1.82 bits per heavy atom. The average molecular weight is 449 g/mol. The molecular formula is C25H28N4O4. The fourth-order valence-corrected chi connectivity index (χ4v) is 4.41. The zero-order valence-electron chi connectivity index (χ0n) is 19.0. The molecule has 0 aromatic heterocycles. The molecule has 0 radical (unpaired) electrons. The summed E-state index contributed by atoms with van der Waals surface area (Å²) in [7, 11) is 0. The molecule has 4 rings (SSSR count). The van der Waals surface area contributed by atoms with Gasteiger partial charge < -0.3 is 10.2 Å². The zero-order chi connectivity index (χ0) is 23.7. The van der Waals surface area contributed by atoms with Gasteiger partial charge in [0.05, 0.1) is 23.0 Å². The number of hydrogen-bond acceptors (Lipinski definition) is 6. The van der Waals surface area contributed by atoms with Crippen LogP contribution in [0.15, 0.2) is 46.6 Å². The number of carbonyl (C=O) groups excluding carboxylic acids is 1. The van der Waals surface area contributed by atoms with E-state index in [1.54, 1.807) is 13.0 Å². The SMILES string of the molecule is CC1=NN(c2ccc(C)c(C)c2)C(=O)C1=NNc1cccc(C2CCC(C(=O)O)CC2)c1O. The first kappa shape index (κ1) is 22.5. The van der Waals surface area contributed by atoms with E-state index in [1.807, 2.05) is 44.2 Å². The van der Waals surface area contributed by atoms with Gasteiger partial charge in [-0.1, -0.05) is 18.2 Å². The summed E-state index contributed by atoms with van der Waals surface area (Å²) in [5, 5.41) is 30.0. The Morgan fingerprint density at radius 1 is 1.09 bits per heavy atom. The number of aliphatic carboxylic acids is 1. The van der Waals surface area contributed by atoms with Gasteiger partial charge in [-0.15, -0.1) is 0 Å². The zero-order valence-corrected chi connectivity index (χ0v) is 19.0. The Balaban J connectivity index is 1.51. The number of aromatic hydroxyl groups is 1. The summed E-state index contributed by atoms with van der Waals surface area (Å²) < 4.78 is 0. The number of phenolic OH excluding ortho intramolecular Hbond substituents is 1. The van der Waals surface area contributed by atoms with Crippen LogP contribution in [-0.2, 0) is 9.59 Å². The number of hydrazone groups is 2. The van der Waals surface area contributed by atoms with Crippen molar-refractivity contribution in [2.24, 2.45) is 16.1 Å². The topological polar surface area (TPSA) is 115 Å². The quantitative estimate of drug-likeness (QED) is 0.458. The predicted molar refractivity (Wildman–Crippen MR) is 128 cm³/mol. The molecule has 1 amide bonds. The second-order valence-corrected chi connectivity index (χ2v) is 8.77. The van der Waals surface area contributed by atoms with Crippen molar-refractivity contribution >= 4 is 34.7 Å². The minimum atomic E-state index is -0.753. The molecule has 1 heterocycles. The number of para-hydroxylation sites is 1. The monoisotopic (exact) mass is 448 g/mol. The number of nitrogens with zero attached hydrogens (tertiary/aromatic N) is 3. The highest BCUT2D eigenvalue weighted by atomic mass is 16.4. The fourth-order valence-electron chi connectivity index (χ4n) is 4.41. The smallest absolute Gasteiger partial charge is 0.306 e. The molecule has 1 aliphatic carbocycles. The van der Waals surface area contributed by atoms with Gasteiger partial charge in [0.15, 0.2) is 5.71 Å². The minimum absolute atomic E-state index is 0.0756. The van der Waals surface area contributed by atoms with E-state index in [-0.39, 0.29) is 29.2 Å². The molecule has 33 heavy (non-hydrogen) atoms. The minimum Gasteiger partial charge on any atom is -0.505 e. The van der Waals surface area contributed by atoms with E-state index in [9.17, 15) is 19.8 Å². The second-order valence-electron chi connectivity index (χ2n) is 8.77. The van der Waals surface area contributed by atoms with Crippen LogP contribution in [0.4, 0.5) is 11.4 Å². The van der Waals surface area contributed by atoms with E-state index in [1.165, 1.54) is 5.01 Å². The summed E-state index contributed by atoms with van der Waals surface area (Å²) in [6, 6.07) is 11.1. The molecule has 2 aromatic carbocycles. The van der Waals surface area contributed by atoms with E-state index in [0.29, 0.717) is 42.8 Å². The van der Waals surface area contributed by atoms with Gasteiger partial charge in [0, 0.05) is 0 Å². The number of nitrogens with one attached hydrogen (secondary N) is 1. The highest BCUT2D eigenvalue weighted by molar-refractivity contribution is 6.71. The summed E-state index contributed by atoms with van der Waals surface area (Å²) in [6.07, 6.45) is 2.60. The Bertz CT molecular complexity index is 1160. The Morgan fingerprint density at radius 3 is 2.48 bits per heavy atom. The number of rotatable bonds is 5. The Kier molecular flexibility index (Phi) is 6.18. The van der Waals surface area contributed by atoms with Gasteiger partial charge in [0.25, 0.3) is 0 Å². The first-order valence-electron chi connectivity index (χ1n) is 11.1. The van der Waals surface area contributed by atoms with Crippen LogP contribution in [0.1, 0.15) is 55.2 Å². The van der Waals surface area contributed by atoms with Crippen molar-refractivity contribution in [3.05, 3.63) is 53.1 Å². The lowest BCUT2D eigenvalue weighted by molar-refractivity contribution is -0.142. The molecule has 2 aromatic rings. The molecular weight excluding hydrogens is 420 g/mol. The van der Waals surface area contributed by atoms with Crippen LogP contribution in [0, 0.1) is 19.8 Å². The predicted octanol–water partition coefficient (Wildman–Crippen LogP) is 4.56. The van der Waals surface area contributed by atoms with Gasteiger partial charge in [-0.25, -0.2) is 0 Å². The molecule has 0 bridgehead atoms. The molecule has 2 aliphatic rings. The molecule has 0 saturated heterocycles. The van der Waals surface area contributed by atoms with Crippen LogP contribution in [0.25, 0.3) is 0 Å². The van der Waals surface area contributed by atoms with Crippen molar-refractivity contribution in [2.75, 3.05) is 10.4 Å². The highest BCUT2D eigenvalue weighted by Gasteiger charge is 2.31. The van der Waals surface area contributed by atoms with Gasteiger partial charge in [-0.05, 0) is 87.3 Å². The first-order valence-corrected chi connectivity index (χ1v) is 11.1. The van der Waals surface area contributed by atoms with Crippen LogP contribution < -0.4 is 10.4 Å². The van der Waals surface area contributed by atoms with Gasteiger partial charge in [0.2, 0.25) is 0 Å². The molecule has 1 aliphatic heterocycles. The average Bonchev–Trinajstić information content (AvgIpc) is 3.08. The molecule has 172 valence electrons. The maximum atomic E-state index is 12.9. The summed E-state index contributed by atoms with van der Waals surface area (Å²) in [6.45, 7) is 5.71. The van der Waals surface area contributed by atoms with Gasteiger partial charge in [0.1, 0.15) is 5.75 Å². The molecule has 1 fully saturated rings. The lowest BCUT2D eigenvalue weighted by atomic mass is 9.78. The number of benzene rings is 2. The number of carboxylic acids is 1. The van der Waals surface area contributed by atoms with E-state index in [0.717, 1.165) is 16.7 Å². The van der Waals surface area contributed by atoms with Gasteiger partial charge in [-0.3, -0.25) is 15.0 Å². The maximum absolute atomic E-state index is 12.9. The Hall–Kier alpha value is -3.68. The lowest BCUT2D eigenvalue weighted by Crippen LogP contribution is -2.28. The first-order chi connectivity index (χ1) is 15.8. The van der Waals surface area contributed by atoms with E-state index >= 15 is 0 Å². The van der Waals surface area contributed by atoms with Gasteiger partial charge in [-0.2, -0.15) is 15.2 Å². The molecule has 1 saturated carbocycles. The van der Waals surface area contributed by atoms with Crippen molar-refractivity contribution in [1.82, 2.24) is 0 Å². The largest absolute Gasteiger partial charge is 0.505 e. The summed E-state index contributed by atoms with van der Waals surface area (Å²) in [5.41, 5.74) is 7.53. The number of amides is 1. The van der Waals surface area contributed by atoms with Crippen LogP contribution in [0.5, 0.6) is 5.75 Å². The lowest BCUT2D eigenvalue weighted by Gasteiger charge is -2.27. The third-order valence-corrected chi connectivity index (χ3v) is 6.59. The maximum Gasteiger partial charge on any atom is 0.306 e. The number of carboxylic acid groups (broad SMARTS) is 1. The Labute approximate surface area is 192 Å². The standard InChI is InChI=1S/C25H28N4O4/c1-14-7-12-19(13-15(14)2)29-24(31)22(16(3)28-29)27-26-21-6-4-5-20(23(21)30)17-8-10-18(11-9-17)25(32)33/h4-7,12-13,17-18,26,30H,8-11H2,1-3H3,(H,32,33). The molecule has 0 unspecified atom stereocenters. The van der Waals surface area contributed by atoms with Crippen molar-refractivity contribution in [3.8, 4) is 5.75 Å². The number of phenols is 1. The number of aryl methyl sites for hydroxylation is 2. The molecule has 0 spiro atoms. The van der Waals surface area contributed by atoms with Crippen LogP contribution in [0.3, 0.4) is 0 Å². The van der Waals surface area contributed by atoms with Crippen molar-refractivity contribution < 1.29 is 19.8 Å². The van der Waals surface area contributed by atoms with Crippen LogP contribution in [-0.4, -0.2) is 33.5 Å². The summed E-state index contributed by atoms with van der Waals surface area (Å²) in [4.78, 5) is 24.2. The number of anilines is 2. The van der Waals surface area contributed by atoms with E-state index in [2.05, 4.69) is 15.6 Å². The van der Waals surface area contributed by atoms with Crippen LogP contribution in [0.2, 0.25) is 0 Å². The van der Waals surface area contributed by atoms with Crippen molar-refractivity contribution in [2.45, 2.75) is 52.4 Å². The summed E-state index contributed by atoms with van der Waals surface area (Å²) >= 11 is 0.